The average Bonchev–Trinajstić information content (AvgIpc) is 2.67. The van der Waals surface area contributed by atoms with Crippen molar-refractivity contribution in [3.63, 3.8) is 0 Å². The lowest BCUT2D eigenvalue weighted by atomic mass is 9.85. The molecular formula is C23H21F3N2O3. The van der Waals surface area contributed by atoms with Crippen molar-refractivity contribution in [1.82, 2.24) is 0 Å². The third-order valence-electron chi connectivity index (χ3n) is 5.77. The van der Waals surface area contributed by atoms with Crippen LogP contribution in [0.2, 0.25) is 0 Å². The fourth-order valence-corrected chi connectivity index (χ4v) is 4.56. The molecule has 0 bridgehead atoms. The summed E-state index contributed by atoms with van der Waals surface area (Å²) in [7, 11) is 0. The summed E-state index contributed by atoms with van der Waals surface area (Å²) in [5, 5.41) is 9.60. The van der Waals surface area contributed by atoms with E-state index in [0.717, 1.165) is 24.6 Å². The zero-order valence-electron chi connectivity index (χ0n) is 17.0. The van der Waals surface area contributed by atoms with Gasteiger partial charge in [-0.1, -0.05) is 13.8 Å². The molecule has 2 aliphatic rings. The standard InChI is InChI=1S/C23H21F3N2O3/c1-11-5-12(2)10-28(9-11)19-8-18-15(7-17(19)26)22(29)20(23(30)31)21(27-18)14-4-3-13(24)6-16(14)25/h3-4,6-8,11-12,20H,5,9-10H2,1-2H3,(H,30,31). The number of fused-ring (bicyclic) bond motifs is 1. The molecule has 1 saturated heterocycles. The lowest BCUT2D eigenvalue weighted by molar-refractivity contribution is -0.137. The summed E-state index contributed by atoms with van der Waals surface area (Å²) in [6, 6.07) is 5.03. The number of ketones is 1. The Labute approximate surface area is 177 Å². The van der Waals surface area contributed by atoms with Crippen molar-refractivity contribution < 1.29 is 27.9 Å². The fraction of sp³-hybridized carbons (Fsp3) is 0.348. The Morgan fingerprint density at radius 2 is 1.71 bits per heavy atom. The molecule has 162 valence electrons. The molecule has 2 aromatic carbocycles. The minimum absolute atomic E-state index is 0.0727. The number of halogens is 3. The molecule has 3 atom stereocenters. The molecule has 3 unspecified atom stereocenters. The van der Waals surface area contributed by atoms with Crippen LogP contribution in [-0.4, -0.2) is 35.7 Å². The van der Waals surface area contributed by atoms with E-state index in [1.165, 1.54) is 6.07 Å². The Kier molecular flexibility index (Phi) is 5.33. The Morgan fingerprint density at radius 3 is 2.32 bits per heavy atom. The molecule has 0 saturated carbocycles. The van der Waals surface area contributed by atoms with Crippen LogP contribution in [0.4, 0.5) is 24.5 Å². The highest BCUT2D eigenvalue weighted by Gasteiger charge is 2.40. The van der Waals surface area contributed by atoms with Crippen molar-refractivity contribution in [3.8, 4) is 0 Å². The van der Waals surface area contributed by atoms with E-state index in [0.29, 0.717) is 31.0 Å². The predicted molar refractivity (Wildman–Crippen MR) is 110 cm³/mol. The first-order valence-corrected chi connectivity index (χ1v) is 10.0. The summed E-state index contributed by atoms with van der Waals surface area (Å²) in [6.45, 7) is 5.42. The van der Waals surface area contributed by atoms with Crippen molar-refractivity contribution >= 4 is 28.8 Å². The first-order valence-electron chi connectivity index (χ1n) is 10.0. The average molecular weight is 430 g/mol. The summed E-state index contributed by atoms with van der Waals surface area (Å²) in [6.07, 6.45) is 1.02. The number of carboxylic acid groups (broad SMARTS) is 1. The number of benzene rings is 2. The Morgan fingerprint density at radius 1 is 1.03 bits per heavy atom. The summed E-state index contributed by atoms with van der Waals surface area (Å²) in [4.78, 5) is 30.9. The molecule has 1 N–H and O–H groups in total. The van der Waals surface area contributed by atoms with E-state index in [1.54, 1.807) is 0 Å². The number of hydrogen-bond donors (Lipinski definition) is 1. The molecular weight excluding hydrogens is 409 g/mol. The fourth-order valence-electron chi connectivity index (χ4n) is 4.56. The smallest absolute Gasteiger partial charge is 0.320 e. The molecule has 0 spiro atoms. The maximum absolute atomic E-state index is 15.0. The minimum atomic E-state index is -1.81. The number of piperidine rings is 1. The van der Waals surface area contributed by atoms with Gasteiger partial charge in [-0.05, 0) is 42.5 Å². The van der Waals surface area contributed by atoms with Crippen LogP contribution in [0, 0.1) is 35.2 Å². The number of carbonyl (C=O) groups is 2. The molecule has 8 heteroatoms. The van der Waals surface area contributed by atoms with E-state index in [4.69, 9.17) is 0 Å². The first-order chi connectivity index (χ1) is 14.7. The van der Waals surface area contributed by atoms with Crippen LogP contribution >= 0.6 is 0 Å². The molecule has 1 fully saturated rings. The Bertz CT molecular complexity index is 1110. The number of hydrogen-bond acceptors (Lipinski definition) is 4. The van der Waals surface area contributed by atoms with Crippen molar-refractivity contribution in [2.75, 3.05) is 18.0 Å². The van der Waals surface area contributed by atoms with E-state index in [1.807, 2.05) is 4.90 Å². The van der Waals surface area contributed by atoms with Crippen LogP contribution in [0.25, 0.3) is 0 Å². The van der Waals surface area contributed by atoms with Gasteiger partial charge in [-0.3, -0.25) is 14.6 Å². The van der Waals surface area contributed by atoms with Crippen LogP contribution in [-0.2, 0) is 4.79 Å². The number of aliphatic imine (C=N–C) groups is 1. The third-order valence-corrected chi connectivity index (χ3v) is 5.77. The minimum Gasteiger partial charge on any atom is -0.480 e. The van der Waals surface area contributed by atoms with Crippen LogP contribution < -0.4 is 4.90 Å². The molecule has 2 heterocycles. The number of carboxylic acids is 1. The quantitative estimate of drug-likeness (QED) is 0.723. The van der Waals surface area contributed by atoms with Gasteiger partial charge in [0.1, 0.15) is 17.5 Å². The van der Waals surface area contributed by atoms with Crippen molar-refractivity contribution in [1.29, 1.82) is 0 Å². The number of rotatable bonds is 3. The van der Waals surface area contributed by atoms with Crippen molar-refractivity contribution in [2.24, 2.45) is 22.7 Å². The zero-order chi connectivity index (χ0) is 22.4. The molecule has 5 nitrogen and oxygen atoms in total. The van der Waals surface area contributed by atoms with E-state index in [9.17, 15) is 27.9 Å². The van der Waals surface area contributed by atoms with Gasteiger partial charge in [0.25, 0.3) is 0 Å². The van der Waals surface area contributed by atoms with E-state index in [2.05, 4.69) is 18.8 Å². The summed E-state index contributed by atoms with van der Waals surface area (Å²) in [5.74, 6) is -6.04. The second-order valence-electron chi connectivity index (χ2n) is 8.43. The topological polar surface area (TPSA) is 70.0 Å². The molecule has 4 rings (SSSR count). The van der Waals surface area contributed by atoms with Crippen LogP contribution in [0.5, 0.6) is 0 Å². The number of anilines is 1. The zero-order valence-corrected chi connectivity index (χ0v) is 17.0. The maximum Gasteiger partial charge on any atom is 0.320 e. The van der Waals surface area contributed by atoms with Gasteiger partial charge in [0.15, 0.2) is 11.7 Å². The van der Waals surface area contributed by atoms with Gasteiger partial charge in [-0.25, -0.2) is 13.2 Å². The van der Waals surface area contributed by atoms with E-state index in [-0.39, 0.29) is 28.2 Å². The van der Waals surface area contributed by atoms with E-state index >= 15 is 0 Å². The van der Waals surface area contributed by atoms with Gasteiger partial charge in [0, 0.05) is 30.3 Å². The SMILES string of the molecule is CC1CC(C)CN(c2cc3c(cc2F)C(=O)C(C(=O)O)C(c2ccc(F)cc2F)=N3)C1. The van der Waals surface area contributed by atoms with Gasteiger partial charge in [-0.15, -0.1) is 0 Å². The normalized spacial score (nSPS) is 23.4. The number of Topliss-reactive ketones (excluding diaryl/α,β-unsaturated/α-hetero) is 1. The second kappa shape index (κ2) is 7.83. The van der Waals surface area contributed by atoms with Gasteiger partial charge >= 0.3 is 5.97 Å². The van der Waals surface area contributed by atoms with E-state index < -0.39 is 35.1 Å². The van der Waals surface area contributed by atoms with Gasteiger partial charge < -0.3 is 10.0 Å². The molecule has 2 aromatic rings. The highest BCUT2D eigenvalue weighted by atomic mass is 19.1. The Hall–Kier alpha value is -3.16. The summed E-state index contributed by atoms with van der Waals surface area (Å²) >= 11 is 0. The third kappa shape index (κ3) is 3.82. The van der Waals surface area contributed by atoms with Gasteiger partial charge in [0.2, 0.25) is 0 Å². The molecule has 0 aromatic heterocycles. The van der Waals surface area contributed by atoms with Gasteiger partial charge in [-0.2, -0.15) is 0 Å². The number of aliphatic carboxylic acids is 1. The van der Waals surface area contributed by atoms with Crippen LogP contribution in [0.15, 0.2) is 35.3 Å². The second-order valence-corrected chi connectivity index (χ2v) is 8.43. The maximum atomic E-state index is 15.0. The monoisotopic (exact) mass is 430 g/mol. The van der Waals surface area contributed by atoms with Crippen LogP contribution in [0.1, 0.15) is 36.2 Å². The van der Waals surface area contributed by atoms with Gasteiger partial charge in [0.05, 0.1) is 17.1 Å². The highest BCUT2D eigenvalue weighted by molar-refractivity contribution is 6.31. The summed E-state index contributed by atoms with van der Waals surface area (Å²) in [5.41, 5.74) is -0.442. The largest absolute Gasteiger partial charge is 0.480 e. The highest BCUT2D eigenvalue weighted by Crippen LogP contribution is 2.38. The molecule has 2 aliphatic heterocycles. The Balaban J connectivity index is 1.86. The number of carbonyl (C=O) groups excluding carboxylic acids is 1. The van der Waals surface area contributed by atoms with Crippen molar-refractivity contribution in [3.05, 3.63) is 58.9 Å². The number of nitrogens with zero attached hydrogens (tertiary/aromatic N) is 2. The molecule has 31 heavy (non-hydrogen) atoms. The molecule has 0 aliphatic carbocycles. The first kappa shape index (κ1) is 21.1. The molecule has 0 radical (unpaired) electrons. The lowest BCUT2D eigenvalue weighted by Crippen LogP contribution is -2.39. The predicted octanol–water partition coefficient (Wildman–Crippen LogP) is 4.60. The van der Waals surface area contributed by atoms with Crippen molar-refractivity contribution in [2.45, 2.75) is 20.3 Å². The lowest BCUT2D eigenvalue weighted by Gasteiger charge is -2.37. The molecule has 0 amide bonds. The summed E-state index contributed by atoms with van der Waals surface area (Å²) < 4.78 is 42.7. The van der Waals surface area contributed by atoms with Crippen LogP contribution in [0.3, 0.4) is 0 Å².